The molecule has 27 heteroatoms. The largest absolute Gasteiger partial charge is 0.479 e. The molecule has 20 nitrogen and oxygen atoms in total. The van der Waals surface area contributed by atoms with E-state index in [2.05, 4.69) is 4.74 Å². The van der Waals surface area contributed by atoms with Gasteiger partial charge >= 0.3 is 36.3 Å². The third kappa shape index (κ3) is 29.8. The number of rotatable bonds is 7. The molecule has 0 bridgehead atoms. The SMILES string of the molecule is C.C.CC(C)(C)OC(=O)N1CCC(F)(C(=O)O)C1.CN(C)C(=O)C1(F)CCN(C(=O)OC(C)(C)C)C1.CN(C)CC1(F)CCCC1.CN(C)CC1(F)CCN(C(=O)OC(C)(C)C)C1.COC(=O)C1(F)CCN(C(=O)OC(C)(C)C)C1.Cl.[B]. The van der Waals surface area contributed by atoms with E-state index in [0.29, 0.717) is 26.1 Å². The second-order valence-electron chi connectivity index (χ2n) is 25.5. The minimum Gasteiger partial charge on any atom is -0.479 e. The van der Waals surface area contributed by atoms with E-state index < -0.39 is 99.5 Å². The number of halogens is 6. The molecule has 1 N–H and O–H groups in total. The number of nitrogens with zero attached hydrogens (tertiary/aromatic N) is 7. The molecular weight excluding hydrogens is 1110 g/mol. The third-order valence-corrected chi connectivity index (χ3v) is 12.0. The predicted molar refractivity (Wildman–Crippen MR) is 309 cm³/mol. The highest BCUT2D eigenvalue weighted by molar-refractivity contribution is 5.86. The van der Waals surface area contributed by atoms with E-state index in [1.807, 2.05) is 53.9 Å². The number of hydrogen-bond acceptors (Lipinski definition) is 14. The molecule has 4 unspecified atom stereocenters. The van der Waals surface area contributed by atoms with E-state index in [1.165, 1.54) is 33.7 Å². The number of aliphatic carboxylic acids is 1. The van der Waals surface area contributed by atoms with Crippen molar-refractivity contribution >= 4 is 63.0 Å². The van der Waals surface area contributed by atoms with Crippen LogP contribution in [0.2, 0.25) is 0 Å². The number of carboxylic acid groups (broad SMARTS) is 1. The zero-order valence-electron chi connectivity index (χ0n) is 51.1. The molecule has 5 fully saturated rings. The molecule has 0 aromatic heterocycles. The predicted octanol–water partition coefficient (Wildman–Crippen LogP) is 9.39. The highest BCUT2D eigenvalue weighted by Gasteiger charge is 2.51. The summed E-state index contributed by atoms with van der Waals surface area (Å²) in [6.45, 7) is 21.8. The van der Waals surface area contributed by atoms with Gasteiger partial charge in [-0.3, -0.25) is 4.79 Å². The molecule has 481 valence electrons. The van der Waals surface area contributed by atoms with Crippen molar-refractivity contribution in [3.05, 3.63) is 0 Å². The average Bonchev–Trinajstić information content (AvgIpc) is 4.11. The number of methoxy groups -OCH3 is 1. The minimum atomic E-state index is -2.34. The molecule has 1 saturated carbocycles. The normalized spacial score (nSPS) is 23.6. The number of likely N-dealkylation sites (tertiary alicyclic amines) is 4. The van der Waals surface area contributed by atoms with Gasteiger partial charge in [0.25, 0.3) is 5.91 Å². The summed E-state index contributed by atoms with van der Waals surface area (Å²) in [7, 11) is 11.6. The van der Waals surface area contributed by atoms with Crippen molar-refractivity contribution in [3.8, 4) is 0 Å². The number of carbonyl (C=O) groups is 7. The summed E-state index contributed by atoms with van der Waals surface area (Å²) in [5.41, 5.74) is -11.0. The standard InChI is InChI=1S/C12H21FN2O3.C12H23FN2O2.C11H18FNO4.C10H16FNO4.C8H16FN.2CH4.B.ClH/c1-11(2,3)18-10(17)15-7-6-12(13,8-15)9(16)14(4)5;1-11(2,3)17-10(16)15-7-6-12(13,9-15)8-14(4)5;1-10(2,3)17-9(15)13-6-5-11(12,7-13)8(14)16-4;1-9(2,3)16-8(15)12-5-4-10(11,6-12)7(13)14;1-10(2)7-8(9)5-3-4-6-8;;;;/h6-8H2,1-5H3;6-9H2,1-5H3;5-7H2,1-4H3;4-6H2,1-3H3,(H,13,14);3-7H2,1-2H3;2*1H4;;1H. The highest BCUT2D eigenvalue weighted by Crippen LogP contribution is 2.34. The van der Waals surface area contributed by atoms with Crippen LogP contribution in [-0.4, -0.2) is 256 Å². The second-order valence-corrected chi connectivity index (χ2v) is 25.5. The number of alkyl halides is 5. The quantitative estimate of drug-likeness (QED) is 0.109. The zero-order valence-corrected chi connectivity index (χ0v) is 51.9. The van der Waals surface area contributed by atoms with Gasteiger partial charge < -0.3 is 63.1 Å². The molecule has 4 heterocycles. The van der Waals surface area contributed by atoms with Crippen LogP contribution in [0, 0.1) is 0 Å². The highest BCUT2D eigenvalue weighted by atomic mass is 35.5. The molecule has 5 aliphatic rings. The number of amides is 5. The van der Waals surface area contributed by atoms with Gasteiger partial charge in [-0.1, -0.05) is 27.7 Å². The zero-order chi connectivity index (χ0) is 60.8. The molecule has 0 spiro atoms. The Morgan fingerprint density at radius 3 is 1.04 bits per heavy atom. The number of ether oxygens (including phenoxy) is 5. The van der Waals surface area contributed by atoms with E-state index >= 15 is 0 Å². The summed E-state index contributed by atoms with van der Waals surface area (Å²) in [4.78, 5) is 90.1. The van der Waals surface area contributed by atoms with Crippen LogP contribution in [0.3, 0.4) is 0 Å². The van der Waals surface area contributed by atoms with Crippen molar-refractivity contribution in [2.75, 3.05) is 115 Å². The van der Waals surface area contributed by atoms with Crippen molar-refractivity contribution in [2.45, 2.75) is 200 Å². The fraction of sp³-hybridized carbons (Fsp3) is 0.873. The average molecular weight is 1210 g/mol. The molecule has 5 rings (SSSR count). The molecule has 5 amide bonds. The lowest BCUT2D eigenvalue weighted by Gasteiger charge is -2.26. The van der Waals surface area contributed by atoms with Crippen molar-refractivity contribution < 1.29 is 84.3 Å². The van der Waals surface area contributed by atoms with Crippen LogP contribution >= 0.6 is 12.4 Å². The van der Waals surface area contributed by atoms with Gasteiger partial charge in [0.05, 0.1) is 33.3 Å². The van der Waals surface area contributed by atoms with Crippen molar-refractivity contribution in [1.29, 1.82) is 0 Å². The maximum atomic E-state index is 14.4. The summed E-state index contributed by atoms with van der Waals surface area (Å²) in [5.74, 6) is -3.07. The molecule has 0 aromatic carbocycles. The lowest BCUT2D eigenvalue weighted by atomic mass is 10.0. The Kier molecular flexibility index (Phi) is 34.0. The summed E-state index contributed by atoms with van der Waals surface area (Å²) < 4.78 is 94.7. The smallest absolute Gasteiger partial charge is 0.410 e. The first-order valence-electron chi connectivity index (χ1n) is 26.3. The molecule has 3 radical (unpaired) electrons. The van der Waals surface area contributed by atoms with Crippen LogP contribution in [-0.2, 0) is 38.1 Å². The van der Waals surface area contributed by atoms with E-state index in [1.54, 1.807) is 67.2 Å². The Labute approximate surface area is 495 Å². The summed E-state index contributed by atoms with van der Waals surface area (Å²) in [5, 5.41) is 8.65. The molecule has 0 aromatic rings. The van der Waals surface area contributed by atoms with Crippen molar-refractivity contribution in [1.82, 2.24) is 34.3 Å². The lowest BCUT2D eigenvalue weighted by molar-refractivity contribution is -0.153. The van der Waals surface area contributed by atoms with Gasteiger partial charge in [0.2, 0.25) is 17.0 Å². The summed E-state index contributed by atoms with van der Waals surface area (Å²) >= 11 is 0. The summed E-state index contributed by atoms with van der Waals surface area (Å²) in [6.07, 6.45) is 1.55. The number of hydrogen-bond donors (Lipinski definition) is 1. The maximum Gasteiger partial charge on any atom is 0.410 e. The van der Waals surface area contributed by atoms with E-state index in [9.17, 15) is 55.5 Å². The Bertz CT molecular complexity index is 2040. The topological polar surface area (TPSA) is 209 Å². The number of carbonyl (C=O) groups excluding carboxylic acids is 6. The van der Waals surface area contributed by atoms with Gasteiger partial charge in [-0.15, -0.1) is 12.4 Å². The van der Waals surface area contributed by atoms with Crippen LogP contribution < -0.4 is 0 Å². The van der Waals surface area contributed by atoms with Gasteiger partial charge in [-0.05, 0) is 124 Å². The second kappa shape index (κ2) is 33.2. The Morgan fingerprint density at radius 2 is 0.744 bits per heavy atom. The van der Waals surface area contributed by atoms with Crippen molar-refractivity contribution in [2.24, 2.45) is 0 Å². The van der Waals surface area contributed by atoms with Gasteiger partial charge in [0.15, 0.2) is 0 Å². The maximum absolute atomic E-state index is 14.4. The fourth-order valence-electron chi connectivity index (χ4n) is 8.61. The third-order valence-electron chi connectivity index (χ3n) is 12.0. The molecular formula is C55H103BClF5N7O13. The van der Waals surface area contributed by atoms with E-state index in [-0.39, 0.29) is 94.2 Å². The summed E-state index contributed by atoms with van der Waals surface area (Å²) in [6, 6.07) is 0. The number of esters is 1. The first kappa shape index (κ1) is 83.9. The van der Waals surface area contributed by atoms with E-state index in [4.69, 9.17) is 24.1 Å². The molecule has 4 saturated heterocycles. The Balaban J connectivity index is -0.000000462. The van der Waals surface area contributed by atoms with Crippen LogP contribution in [0.1, 0.15) is 149 Å². The Morgan fingerprint density at radius 1 is 0.463 bits per heavy atom. The molecule has 4 atom stereocenters. The van der Waals surface area contributed by atoms with Crippen LogP contribution in [0.4, 0.5) is 41.1 Å². The minimum absolute atomic E-state index is 0. The lowest BCUT2D eigenvalue weighted by Crippen LogP contribution is -2.46. The first-order valence-corrected chi connectivity index (χ1v) is 26.3. The van der Waals surface area contributed by atoms with Crippen LogP contribution in [0.5, 0.6) is 0 Å². The Hall–Kier alpha value is -4.59. The van der Waals surface area contributed by atoms with E-state index in [0.717, 1.165) is 37.7 Å². The molecule has 82 heavy (non-hydrogen) atoms. The monoisotopic (exact) mass is 1210 g/mol. The first-order chi connectivity index (χ1) is 35.1. The number of carboxylic acids is 1. The van der Waals surface area contributed by atoms with Gasteiger partial charge in [-0.2, -0.15) is 0 Å². The van der Waals surface area contributed by atoms with Crippen LogP contribution in [0.25, 0.3) is 0 Å². The van der Waals surface area contributed by atoms with Crippen molar-refractivity contribution in [3.63, 3.8) is 0 Å². The van der Waals surface area contributed by atoms with Gasteiger partial charge in [0.1, 0.15) is 33.7 Å². The van der Waals surface area contributed by atoms with Gasteiger partial charge in [0, 0.05) is 87.5 Å². The fourth-order valence-corrected chi connectivity index (χ4v) is 8.61. The van der Waals surface area contributed by atoms with Crippen LogP contribution in [0.15, 0.2) is 0 Å². The van der Waals surface area contributed by atoms with Gasteiger partial charge in [-0.25, -0.2) is 50.7 Å². The molecule has 4 aliphatic heterocycles. The molecule has 1 aliphatic carbocycles.